The lowest BCUT2D eigenvalue weighted by atomic mass is 9.97. The fourth-order valence-electron chi connectivity index (χ4n) is 4.53. The number of hydrogen-bond acceptors (Lipinski definition) is 2. The van der Waals surface area contributed by atoms with Gasteiger partial charge in [0.2, 0.25) is 0 Å². The zero-order chi connectivity index (χ0) is 25.1. The van der Waals surface area contributed by atoms with E-state index in [4.69, 9.17) is 11.6 Å². The van der Waals surface area contributed by atoms with Crippen molar-refractivity contribution in [3.63, 3.8) is 0 Å². The molecule has 178 valence electrons. The maximum Gasteiger partial charge on any atom is 0.0430 e. The Morgan fingerprint density at radius 1 is 0.778 bits per heavy atom. The van der Waals surface area contributed by atoms with Crippen molar-refractivity contribution in [3.05, 3.63) is 122 Å². The number of halogens is 1. The van der Waals surface area contributed by atoms with Crippen molar-refractivity contribution < 1.29 is 0 Å². The molecule has 0 radical (unpaired) electrons. The van der Waals surface area contributed by atoms with E-state index in [-0.39, 0.29) is 0 Å². The van der Waals surface area contributed by atoms with Crippen LogP contribution in [0.1, 0.15) is 29.9 Å². The first kappa shape index (κ1) is 24.5. The summed E-state index contributed by atoms with van der Waals surface area (Å²) in [5, 5.41) is 4.57. The third kappa shape index (κ3) is 4.77. The minimum atomic E-state index is 0.745. The largest absolute Gasteiger partial charge is 0.139 e. The van der Waals surface area contributed by atoms with Crippen molar-refractivity contribution in [1.82, 2.24) is 0 Å². The number of fused-ring (bicyclic) bond motifs is 2. The molecule has 0 aliphatic rings. The Kier molecular flexibility index (Phi) is 7.38. The zero-order valence-electron chi connectivity index (χ0n) is 20.6. The average Bonchev–Trinajstić information content (AvgIpc) is 3.39. The van der Waals surface area contributed by atoms with Gasteiger partial charge in [-0.15, -0.1) is 22.7 Å². The molecular weight excluding hydrogens is 496 g/mol. The van der Waals surface area contributed by atoms with Gasteiger partial charge >= 0.3 is 0 Å². The molecule has 2 heterocycles. The Balaban J connectivity index is 1.77. The van der Waals surface area contributed by atoms with Crippen molar-refractivity contribution in [2.75, 3.05) is 0 Å². The summed E-state index contributed by atoms with van der Waals surface area (Å²) in [4.78, 5) is 1.32. The Labute approximate surface area is 225 Å². The van der Waals surface area contributed by atoms with E-state index in [2.05, 4.69) is 117 Å². The lowest BCUT2D eigenvalue weighted by molar-refractivity contribution is 1.60. The van der Waals surface area contributed by atoms with Gasteiger partial charge in [-0.1, -0.05) is 96.6 Å². The fraction of sp³-hybridized carbons (Fsp3) is 0.0909. The Morgan fingerprint density at radius 3 is 2.42 bits per heavy atom. The predicted molar refractivity (Wildman–Crippen MR) is 165 cm³/mol. The van der Waals surface area contributed by atoms with Gasteiger partial charge < -0.3 is 0 Å². The van der Waals surface area contributed by atoms with E-state index < -0.39 is 0 Å². The first-order chi connectivity index (χ1) is 17.6. The van der Waals surface area contributed by atoms with Gasteiger partial charge in [-0.25, -0.2) is 0 Å². The zero-order valence-corrected chi connectivity index (χ0v) is 23.0. The lowest BCUT2D eigenvalue weighted by Crippen LogP contribution is -2.18. The molecule has 2 aromatic heterocycles. The number of benzene rings is 3. The van der Waals surface area contributed by atoms with Gasteiger partial charge in [-0.3, -0.25) is 0 Å². The van der Waals surface area contributed by atoms with Crippen LogP contribution in [-0.4, -0.2) is 0 Å². The molecule has 3 heteroatoms. The summed E-state index contributed by atoms with van der Waals surface area (Å²) in [6.07, 6.45) is 17.2. The molecule has 0 spiro atoms. The second-order valence-corrected chi connectivity index (χ2v) is 11.3. The van der Waals surface area contributed by atoms with Gasteiger partial charge in [0.25, 0.3) is 0 Å². The molecule has 0 nitrogen and oxygen atoms in total. The van der Waals surface area contributed by atoms with E-state index in [9.17, 15) is 0 Å². The van der Waals surface area contributed by atoms with Crippen molar-refractivity contribution in [2.45, 2.75) is 20.8 Å². The molecular formula is C33H27ClS2. The molecule has 3 aromatic carbocycles. The van der Waals surface area contributed by atoms with E-state index in [0.717, 1.165) is 10.6 Å². The molecule has 5 aromatic rings. The smallest absolute Gasteiger partial charge is 0.0430 e. The highest BCUT2D eigenvalue weighted by atomic mass is 35.5. The quantitative estimate of drug-likeness (QED) is 0.201. The van der Waals surface area contributed by atoms with E-state index in [0.29, 0.717) is 0 Å². The summed E-state index contributed by atoms with van der Waals surface area (Å²) in [5.41, 5.74) is 4.87. The van der Waals surface area contributed by atoms with Gasteiger partial charge in [0, 0.05) is 45.4 Å². The van der Waals surface area contributed by atoms with Crippen LogP contribution < -0.4 is 9.75 Å². The third-order valence-electron chi connectivity index (χ3n) is 6.21. The maximum atomic E-state index is 6.54. The summed E-state index contributed by atoms with van der Waals surface area (Å²) in [6, 6.07) is 21.5. The van der Waals surface area contributed by atoms with Crippen LogP contribution in [0.25, 0.3) is 49.5 Å². The summed E-state index contributed by atoms with van der Waals surface area (Å²) < 4.78 is 3.84. The third-order valence-corrected chi connectivity index (χ3v) is 8.75. The molecule has 0 aliphatic carbocycles. The Hall–Kier alpha value is -3.17. The van der Waals surface area contributed by atoms with Crippen LogP contribution >= 0.6 is 34.3 Å². The van der Waals surface area contributed by atoms with Crippen molar-refractivity contribution in [1.29, 1.82) is 0 Å². The van der Waals surface area contributed by atoms with E-state index in [1.54, 1.807) is 0 Å². The molecule has 0 atom stereocenters. The molecule has 0 fully saturated rings. The molecule has 0 saturated heterocycles. The van der Waals surface area contributed by atoms with Gasteiger partial charge in [0.05, 0.1) is 0 Å². The van der Waals surface area contributed by atoms with Crippen molar-refractivity contribution in [2.24, 2.45) is 0 Å². The Bertz CT molecular complexity index is 1770. The summed E-state index contributed by atoms with van der Waals surface area (Å²) in [6.45, 7) is 6.30. The highest BCUT2D eigenvalue weighted by Gasteiger charge is 2.14. The highest BCUT2D eigenvalue weighted by Crippen LogP contribution is 2.40. The SMILES string of the molecule is C/C=C\C=C/c1c(C)sc2c(-c3ccc(Cl)cc3\C=c3/sc4ccccc4/c3=C/C=C\C)cccc12. The Morgan fingerprint density at radius 2 is 1.58 bits per heavy atom. The lowest BCUT2D eigenvalue weighted by Gasteiger charge is -2.09. The maximum absolute atomic E-state index is 6.54. The van der Waals surface area contributed by atoms with E-state index in [1.807, 2.05) is 35.7 Å². The summed E-state index contributed by atoms with van der Waals surface area (Å²) in [7, 11) is 0. The number of allylic oxidation sites excluding steroid dienone is 5. The van der Waals surface area contributed by atoms with Gasteiger partial charge in [0.15, 0.2) is 0 Å². The molecule has 0 unspecified atom stereocenters. The minimum Gasteiger partial charge on any atom is -0.139 e. The molecule has 0 saturated carbocycles. The van der Waals surface area contributed by atoms with E-state index >= 15 is 0 Å². The second kappa shape index (κ2) is 10.8. The molecule has 0 bridgehead atoms. The van der Waals surface area contributed by atoms with Crippen LogP contribution in [0.2, 0.25) is 5.02 Å². The number of hydrogen-bond donors (Lipinski definition) is 0. The summed E-state index contributed by atoms with van der Waals surface area (Å²) >= 11 is 10.2. The highest BCUT2D eigenvalue weighted by molar-refractivity contribution is 7.20. The number of aryl methyl sites for hydroxylation is 1. The fourth-order valence-corrected chi connectivity index (χ4v) is 7.03. The van der Waals surface area contributed by atoms with Gasteiger partial charge in [0.1, 0.15) is 0 Å². The molecule has 0 N–H and O–H groups in total. The van der Waals surface area contributed by atoms with Crippen LogP contribution in [0.5, 0.6) is 0 Å². The first-order valence-electron chi connectivity index (χ1n) is 12.0. The molecule has 5 rings (SSSR count). The number of rotatable bonds is 5. The molecule has 36 heavy (non-hydrogen) atoms. The monoisotopic (exact) mass is 522 g/mol. The van der Waals surface area contributed by atoms with Gasteiger partial charge in [-0.05, 0) is 61.7 Å². The topological polar surface area (TPSA) is 0 Å². The normalized spacial score (nSPS) is 13.6. The molecule has 0 aliphatic heterocycles. The number of thiophene rings is 2. The van der Waals surface area contributed by atoms with Crippen LogP contribution in [-0.2, 0) is 0 Å². The summed E-state index contributed by atoms with van der Waals surface area (Å²) in [5.74, 6) is 0. The van der Waals surface area contributed by atoms with Gasteiger partial charge in [-0.2, -0.15) is 0 Å². The van der Waals surface area contributed by atoms with E-state index in [1.165, 1.54) is 51.5 Å². The first-order valence-corrected chi connectivity index (χ1v) is 14.1. The van der Waals surface area contributed by atoms with Crippen molar-refractivity contribution in [3.8, 4) is 11.1 Å². The predicted octanol–water partition coefficient (Wildman–Crippen LogP) is 9.52. The van der Waals surface area contributed by atoms with Crippen LogP contribution in [0.4, 0.5) is 0 Å². The minimum absolute atomic E-state index is 0.745. The van der Waals surface area contributed by atoms with Crippen LogP contribution in [0.15, 0.2) is 91.0 Å². The van der Waals surface area contributed by atoms with Crippen molar-refractivity contribution >= 4 is 72.7 Å². The standard InChI is InChI=1S/C33H27ClS2/c1-4-6-8-13-25-22(3)35-33-29(25)15-11-16-30(33)26-19-18-24(34)20-23(26)21-32-28(12-7-5-2)27-14-9-10-17-31(27)36-32/h4-21H,1-3H3/b6-4-,7-5-,13-8-,28-12-,32-21-. The van der Waals surface area contributed by atoms with Crippen LogP contribution in [0.3, 0.4) is 0 Å². The second-order valence-electron chi connectivity index (χ2n) is 8.58. The van der Waals surface area contributed by atoms with Crippen LogP contribution in [0, 0.1) is 6.92 Å². The molecule has 0 amide bonds. The average molecular weight is 523 g/mol.